The van der Waals surface area contributed by atoms with Gasteiger partial charge in [0.15, 0.2) is 0 Å². The normalized spacial score (nSPS) is 33.5. The molecule has 3 aromatic rings. The maximum absolute atomic E-state index is 14.8. The fourth-order valence-electron chi connectivity index (χ4n) is 8.28. The van der Waals surface area contributed by atoms with E-state index >= 15 is 0 Å². The van der Waals surface area contributed by atoms with E-state index in [0.29, 0.717) is 18.1 Å². The average molecular weight is 501 g/mol. The highest BCUT2D eigenvalue weighted by Gasteiger charge is 2.58. The van der Waals surface area contributed by atoms with Gasteiger partial charge in [0.2, 0.25) is 0 Å². The van der Waals surface area contributed by atoms with E-state index in [2.05, 4.69) is 82.5 Å². The highest BCUT2D eigenvalue weighted by molar-refractivity contribution is 5.85. The summed E-state index contributed by atoms with van der Waals surface area (Å²) in [5.74, 6) is 0.931. The predicted octanol–water partition coefficient (Wildman–Crippen LogP) is 6.68. The third-order valence-corrected chi connectivity index (χ3v) is 10.0. The van der Waals surface area contributed by atoms with E-state index in [4.69, 9.17) is 0 Å². The van der Waals surface area contributed by atoms with Crippen LogP contribution in [-0.4, -0.2) is 58.2 Å². The summed E-state index contributed by atoms with van der Waals surface area (Å²) in [5.41, 5.74) is 6.87. The molecule has 1 aromatic heterocycles. The molecule has 0 amide bonds. The summed E-state index contributed by atoms with van der Waals surface area (Å²) in [5, 5.41) is 4.90. The second kappa shape index (κ2) is 9.13. The van der Waals surface area contributed by atoms with Crippen molar-refractivity contribution in [3.63, 3.8) is 0 Å². The molecule has 3 aliphatic carbocycles. The molecule has 4 fully saturated rings. The van der Waals surface area contributed by atoms with Crippen molar-refractivity contribution in [1.29, 1.82) is 0 Å². The van der Waals surface area contributed by atoms with E-state index in [-0.39, 0.29) is 12.1 Å². The number of likely N-dealkylation sites (tertiary alicyclic amines) is 1. The van der Waals surface area contributed by atoms with E-state index in [1.54, 1.807) is 0 Å². The molecular formula is C32H41FN4. The molecule has 0 unspecified atom stereocenters. The molecule has 0 spiro atoms. The minimum absolute atomic E-state index is 0.126. The summed E-state index contributed by atoms with van der Waals surface area (Å²) in [6, 6.07) is 18.4. The van der Waals surface area contributed by atoms with Crippen LogP contribution in [0.5, 0.6) is 0 Å². The van der Waals surface area contributed by atoms with Crippen molar-refractivity contribution in [2.24, 2.45) is 5.92 Å². The van der Waals surface area contributed by atoms with Gasteiger partial charge in [-0.25, -0.2) is 4.39 Å². The van der Waals surface area contributed by atoms with Crippen LogP contribution in [0.25, 0.3) is 10.9 Å². The molecule has 8 rings (SSSR count). The molecule has 4 nitrogen and oxygen atoms in total. The zero-order chi connectivity index (χ0) is 25.1. The maximum atomic E-state index is 14.8. The van der Waals surface area contributed by atoms with Gasteiger partial charge in [-0.15, -0.1) is 0 Å². The Morgan fingerprint density at radius 1 is 1.08 bits per heavy atom. The van der Waals surface area contributed by atoms with Crippen LogP contribution in [0, 0.1) is 5.92 Å². The van der Waals surface area contributed by atoms with E-state index in [1.165, 1.54) is 53.4 Å². The lowest BCUT2D eigenvalue weighted by Crippen LogP contribution is -2.59. The zero-order valence-corrected chi connectivity index (χ0v) is 22.3. The Kier molecular flexibility index (Phi) is 5.85. The van der Waals surface area contributed by atoms with Gasteiger partial charge in [-0.1, -0.05) is 43.7 Å². The van der Waals surface area contributed by atoms with Gasteiger partial charge in [0.05, 0.1) is 12.1 Å². The van der Waals surface area contributed by atoms with Crippen LogP contribution in [0.4, 0.5) is 10.1 Å². The van der Waals surface area contributed by atoms with E-state index < -0.39 is 6.17 Å². The second-order valence-corrected chi connectivity index (χ2v) is 12.5. The fraction of sp³-hybridized carbons (Fsp3) is 0.562. The van der Waals surface area contributed by atoms with E-state index in [0.717, 1.165) is 44.0 Å². The number of para-hydroxylation sites is 1. The maximum Gasteiger partial charge on any atom is 0.134 e. The molecule has 2 aromatic carbocycles. The Hall–Kier alpha value is -2.37. The number of hydrogen-bond acceptors (Lipinski definition) is 3. The van der Waals surface area contributed by atoms with Crippen LogP contribution in [0.3, 0.4) is 0 Å². The number of aromatic amines is 1. The number of unbranched alkanes of at least 4 members (excludes halogenated alkanes) is 1. The summed E-state index contributed by atoms with van der Waals surface area (Å²) >= 11 is 0. The fourth-order valence-corrected chi connectivity index (χ4v) is 8.28. The smallest absolute Gasteiger partial charge is 0.134 e. The number of H-pyrrole nitrogens is 1. The Labute approximate surface area is 220 Å². The standard InChI is InChI=1S/C32H41FN4/c1-3-4-15-36-19-27(33)29(20-36)34-24-11-9-23(10-12-24)31-30-26(25-7-5-6-8-28(25)35-30)16-21(2)37(31)32-14-13-22(17-32)18-32/h5-12,21-22,27,29,31,34-35H,3-4,13-20H2,1-2H3/t21-,22?,27+,29-,31-,32?/m1/s1. The summed E-state index contributed by atoms with van der Waals surface area (Å²) in [4.78, 5) is 9.02. The number of hydrogen-bond donors (Lipinski definition) is 2. The third-order valence-electron chi connectivity index (χ3n) is 10.0. The molecule has 2 aliphatic heterocycles. The number of halogens is 1. The molecule has 4 atom stereocenters. The highest BCUT2D eigenvalue weighted by Crippen LogP contribution is 2.60. The zero-order valence-electron chi connectivity index (χ0n) is 22.3. The van der Waals surface area contributed by atoms with Gasteiger partial charge in [0.25, 0.3) is 0 Å². The van der Waals surface area contributed by atoms with Gasteiger partial charge >= 0.3 is 0 Å². The summed E-state index contributed by atoms with van der Waals surface area (Å²) in [6.45, 7) is 6.98. The lowest BCUT2D eigenvalue weighted by molar-refractivity contribution is -0.0339. The Morgan fingerprint density at radius 2 is 1.89 bits per heavy atom. The minimum atomic E-state index is -0.812. The van der Waals surface area contributed by atoms with Crippen LogP contribution in [0.15, 0.2) is 48.5 Å². The molecule has 2 N–H and O–H groups in total. The van der Waals surface area contributed by atoms with Crippen molar-refractivity contribution in [1.82, 2.24) is 14.8 Å². The molecule has 5 heteroatoms. The molecule has 196 valence electrons. The number of benzene rings is 2. The molecule has 3 heterocycles. The first-order valence-electron chi connectivity index (χ1n) is 14.7. The van der Waals surface area contributed by atoms with Crippen molar-refractivity contribution in [3.8, 4) is 0 Å². The molecule has 5 aliphatic rings. The number of nitrogens with one attached hydrogen (secondary N) is 2. The van der Waals surface area contributed by atoms with Gasteiger partial charge < -0.3 is 10.3 Å². The largest absolute Gasteiger partial charge is 0.378 e. The number of nitrogens with zero attached hydrogens (tertiary/aromatic N) is 2. The summed E-state index contributed by atoms with van der Waals surface area (Å²) in [6.07, 6.45) is 8.03. The number of anilines is 1. The van der Waals surface area contributed by atoms with Gasteiger partial charge in [-0.3, -0.25) is 9.80 Å². The Morgan fingerprint density at radius 3 is 2.65 bits per heavy atom. The highest BCUT2D eigenvalue weighted by atomic mass is 19.1. The van der Waals surface area contributed by atoms with Crippen molar-refractivity contribution in [2.75, 3.05) is 25.0 Å². The van der Waals surface area contributed by atoms with Crippen LogP contribution < -0.4 is 5.32 Å². The second-order valence-electron chi connectivity index (χ2n) is 12.5. The molecule has 3 saturated carbocycles. The van der Waals surface area contributed by atoms with Crippen LogP contribution in [-0.2, 0) is 6.42 Å². The SMILES string of the molecule is CCCCN1C[C@H](F)[C@H](Nc2ccc([C@@H]3c4[nH]c5ccccc5c4C[C@@H](C)N3C34CCC(C3)C4)cc2)C1. The van der Waals surface area contributed by atoms with Crippen LogP contribution in [0.1, 0.15) is 75.2 Å². The van der Waals surface area contributed by atoms with Gasteiger partial charge in [0, 0.05) is 47.0 Å². The van der Waals surface area contributed by atoms with Crippen molar-refractivity contribution < 1.29 is 4.39 Å². The Balaban J connectivity index is 1.19. The van der Waals surface area contributed by atoms with Gasteiger partial charge in [-0.05, 0) is 87.2 Å². The number of fused-ring (bicyclic) bond motifs is 4. The first-order valence-corrected chi connectivity index (χ1v) is 14.7. The molecule has 0 radical (unpaired) electrons. The van der Waals surface area contributed by atoms with E-state index in [1.807, 2.05) is 0 Å². The van der Waals surface area contributed by atoms with E-state index in [9.17, 15) is 4.39 Å². The van der Waals surface area contributed by atoms with Crippen molar-refractivity contribution >= 4 is 16.6 Å². The lowest BCUT2D eigenvalue weighted by atomic mass is 9.72. The number of rotatable bonds is 7. The Bertz CT molecular complexity index is 1250. The summed E-state index contributed by atoms with van der Waals surface area (Å²) in [7, 11) is 0. The van der Waals surface area contributed by atoms with Crippen LogP contribution >= 0.6 is 0 Å². The van der Waals surface area contributed by atoms with Crippen molar-refractivity contribution in [3.05, 3.63) is 65.4 Å². The monoisotopic (exact) mass is 500 g/mol. The third kappa shape index (κ3) is 3.92. The predicted molar refractivity (Wildman–Crippen MR) is 150 cm³/mol. The lowest BCUT2D eigenvalue weighted by Gasteiger charge is -2.55. The summed E-state index contributed by atoms with van der Waals surface area (Å²) < 4.78 is 14.8. The average Bonchev–Trinajstić information content (AvgIpc) is 3.65. The van der Waals surface area contributed by atoms with Crippen LogP contribution in [0.2, 0.25) is 0 Å². The minimum Gasteiger partial charge on any atom is -0.378 e. The quantitative estimate of drug-likeness (QED) is 0.380. The van der Waals surface area contributed by atoms with Gasteiger partial charge in [0.1, 0.15) is 6.17 Å². The molecule has 37 heavy (non-hydrogen) atoms. The number of alkyl halides is 1. The topological polar surface area (TPSA) is 34.3 Å². The molecular weight excluding hydrogens is 459 g/mol. The molecule has 2 bridgehead atoms. The van der Waals surface area contributed by atoms with Crippen molar-refractivity contribution in [2.45, 2.75) is 88.6 Å². The first-order chi connectivity index (χ1) is 18.0. The first kappa shape index (κ1) is 23.7. The van der Waals surface area contributed by atoms with Gasteiger partial charge in [-0.2, -0.15) is 0 Å². The molecule has 1 saturated heterocycles. The number of aromatic nitrogens is 1.